The van der Waals surface area contributed by atoms with Crippen molar-refractivity contribution >= 4 is 22.9 Å². The number of thiophene rings is 1. The minimum atomic E-state index is 0.279. The molecule has 2 rings (SSSR count). The Labute approximate surface area is 111 Å². The monoisotopic (exact) mass is 265 g/mol. The molecule has 1 N–H and O–H groups in total. The Bertz CT molecular complexity index is 519. The van der Waals surface area contributed by atoms with Crippen LogP contribution in [-0.2, 0) is 0 Å². The second-order valence-electron chi connectivity index (χ2n) is 4.18. The van der Waals surface area contributed by atoms with Crippen LogP contribution in [0.15, 0.2) is 29.6 Å². The SMILES string of the molecule is CNC(C)c1ccc(-c2sccc2C)cc1Cl. The average Bonchev–Trinajstić information content (AvgIpc) is 2.74. The van der Waals surface area contributed by atoms with E-state index in [-0.39, 0.29) is 6.04 Å². The summed E-state index contributed by atoms with van der Waals surface area (Å²) in [5, 5.41) is 6.15. The van der Waals surface area contributed by atoms with E-state index in [0.29, 0.717) is 0 Å². The predicted molar refractivity (Wildman–Crippen MR) is 77.0 cm³/mol. The fourth-order valence-electron chi connectivity index (χ4n) is 1.84. The molecule has 1 heterocycles. The first kappa shape index (κ1) is 12.6. The van der Waals surface area contributed by atoms with Gasteiger partial charge in [0.05, 0.1) is 0 Å². The molecule has 0 amide bonds. The van der Waals surface area contributed by atoms with Crippen LogP contribution in [0.4, 0.5) is 0 Å². The third-order valence-electron chi connectivity index (χ3n) is 3.02. The Morgan fingerprint density at radius 2 is 2.06 bits per heavy atom. The van der Waals surface area contributed by atoms with Gasteiger partial charge in [0.1, 0.15) is 0 Å². The average molecular weight is 266 g/mol. The normalized spacial score (nSPS) is 12.7. The number of hydrogen-bond acceptors (Lipinski definition) is 2. The molecule has 0 saturated carbocycles. The minimum absolute atomic E-state index is 0.279. The third-order valence-corrected chi connectivity index (χ3v) is 4.42. The molecule has 0 aliphatic rings. The van der Waals surface area contributed by atoms with Crippen molar-refractivity contribution in [3.05, 3.63) is 45.8 Å². The summed E-state index contributed by atoms with van der Waals surface area (Å²) in [6.45, 7) is 4.24. The second kappa shape index (κ2) is 5.21. The van der Waals surface area contributed by atoms with Crippen LogP contribution in [0.25, 0.3) is 10.4 Å². The van der Waals surface area contributed by atoms with E-state index in [1.807, 2.05) is 7.05 Å². The van der Waals surface area contributed by atoms with Gasteiger partial charge in [-0.1, -0.05) is 23.7 Å². The van der Waals surface area contributed by atoms with Crippen molar-refractivity contribution in [2.45, 2.75) is 19.9 Å². The lowest BCUT2D eigenvalue weighted by atomic mass is 10.0. The summed E-state index contributed by atoms with van der Waals surface area (Å²) in [5.74, 6) is 0. The number of nitrogens with one attached hydrogen (secondary N) is 1. The van der Waals surface area contributed by atoms with Crippen LogP contribution in [0.3, 0.4) is 0 Å². The van der Waals surface area contributed by atoms with Crippen LogP contribution in [-0.4, -0.2) is 7.05 Å². The maximum absolute atomic E-state index is 6.34. The van der Waals surface area contributed by atoms with Gasteiger partial charge in [-0.3, -0.25) is 0 Å². The Balaban J connectivity index is 2.41. The van der Waals surface area contributed by atoms with E-state index in [9.17, 15) is 0 Å². The van der Waals surface area contributed by atoms with Gasteiger partial charge in [0.15, 0.2) is 0 Å². The molecule has 1 nitrogen and oxygen atoms in total. The first-order valence-corrected chi connectivity index (χ1v) is 6.90. The molecule has 90 valence electrons. The lowest BCUT2D eigenvalue weighted by molar-refractivity contribution is 0.652. The first-order valence-electron chi connectivity index (χ1n) is 5.64. The third kappa shape index (κ3) is 2.54. The van der Waals surface area contributed by atoms with E-state index in [1.165, 1.54) is 16.0 Å². The predicted octanol–water partition coefficient (Wildman–Crippen LogP) is 4.66. The molecule has 0 saturated heterocycles. The van der Waals surface area contributed by atoms with Crippen LogP contribution < -0.4 is 5.32 Å². The molecule has 3 heteroatoms. The summed E-state index contributed by atoms with van der Waals surface area (Å²) in [6, 6.07) is 8.73. The topological polar surface area (TPSA) is 12.0 Å². The molecule has 0 radical (unpaired) electrons. The van der Waals surface area contributed by atoms with Gasteiger partial charge >= 0.3 is 0 Å². The van der Waals surface area contributed by atoms with Gasteiger partial charge in [-0.2, -0.15) is 0 Å². The van der Waals surface area contributed by atoms with Gasteiger partial charge in [0, 0.05) is 15.9 Å². The van der Waals surface area contributed by atoms with Crippen LogP contribution in [0.5, 0.6) is 0 Å². The molecule has 0 aliphatic carbocycles. The smallest absolute Gasteiger partial charge is 0.0460 e. The highest BCUT2D eigenvalue weighted by molar-refractivity contribution is 7.13. The van der Waals surface area contributed by atoms with Gasteiger partial charge < -0.3 is 5.32 Å². The fraction of sp³-hybridized carbons (Fsp3) is 0.286. The zero-order chi connectivity index (χ0) is 12.4. The molecule has 0 bridgehead atoms. The maximum Gasteiger partial charge on any atom is 0.0460 e. The summed E-state index contributed by atoms with van der Waals surface area (Å²) < 4.78 is 0. The van der Waals surface area contributed by atoms with Crippen LogP contribution >= 0.6 is 22.9 Å². The molecule has 0 aliphatic heterocycles. The quantitative estimate of drug-likeness (QED) is 0.851. The molecule has 1 aromatic carbocycles. The summed E-state index contributed by atoms with van der Waals surface area (Å²) >= 11 is 8.09. The van der Waals surface area contributed by atoms with Crippen LogP contribution in [0.2, 0.25) is 5.02 Å². The van der Waals surface area contributed by atoms with Gasteiger partial charge in [-0.05, 0) is 55.1 Å². The lowest BCUT2D eigenvalue weighted by Crippen LogP contribution is -2.12. The molecule has 17 heavy (non-hydrogen) atoms. The number of halogens is 1. The summed E-state index contributed by atoms with van der Waals surface area (Å²) in [5.41, 5.74) is 3.65. The van der Waals surface area contributed by atoms with Crippen molar-refractivity contribution in [2.24, 2.45) is 0 Å². The van der Waals surface area contributed by atoms with Crippen molar-refractivity contribution in [3.8, 4) is 10.4 Å². The van der Waals surface area contributed by atoms with E-state index < -0.39 is 0 Å². The highest BCUT2D eigenvalue weighted by Gasteiger charge is 2.10. The molecule has 1 atom stereocenters. The summed E-state index contributed by atoms with van der Waals surface area (Å²) in [4.78, 5) is 1.30. The lowest BCUT2D eigenvalue weighted by Gasteiger charge is -2.13. The van der Waals surface area contributed by atoms with Crippen molar-refractivity contribution in [2.75, 3.05) is 7.05 Å². The highest BCUT2D eigenvalue weighted by Crippen LogP contribution is 2.33. The van der Waals surface area contributed by atoms with Gasteiger partial charge in [0.2, 0.25) is 0 Å². The number of aryl methyl sites for hydroxylation is 1. The maximum atomic E-state index is 6.34. The zero-order valence-corrected chi connectivity index (χ0v) is 11.8. The van der Waals surface area contributed by atoms with Gasteiger partial charge in [-0.15, -0.1) is 11.3 Å². The molecule has 2 aromatic rings. The van der Waals surface area contributed by atoms with Gasteiger partial charge in [-0.25, -0.2) is 0 Å². The Hall–Kier alpha value is -0.830. The largest absolute Gasteiger partial charge is 0.313 e. The van der Waals surface area contributed by atoms with E-state index in [2.05, 4.69) is 48.8 Å². The summed E-state index contributed by atoms with van der Waals surface area (Å²) in [6.07, 6.45) is 0. The molecule has 0 fully saturated rings. The van der Waals surface area contributed by atoms with Crippen molar-refractivity contribution < 1.29 is 0 Å². The first-order chi connectivity index (χ1) is 8.13. The van der Waals surface area contributed by atoms with Crippen molar-refractivity contribution in [1.82, 2.24) is 5.32 Å². The number of benzene rings is 1. The Kier molecular flexibility index (Phi) is 3.87. The van der Waals surface area contributed by atoms with E-state index in [0.717, 1.165) is 10.6 Å². The van der Waals surface area contributed by atoms with Crippen LogP contribution in [0.1, 0.15) is 24.1 Å². The molecular weight excluding hydrogens is 250 g/mol. The van der Waals surface area contributed by atoms with Crippen LogP contribution in [0, 0.1) is 6.92 Å². The Morgan fingerprint density at radius 3 is 2.59 bits per heavy atom. The molecule has 0 spiro atoms. The van der Waals surface area contributed by atoms with E-state index in [1.54, 1.807) is 11.3 Å². The minimum Gasteiger partial charge on any atom is -0.313 e. The van der Waals surface area contributed by atoms with Gasteiger partial charge in [0.25, 0.3) is 0 Å². The Morgan fingerprint density at radius 1 is 1.29 bits per heavy atom. The van der Waals surface area contributed by atoms with Crippen molar-refractivity contribution in [1.29, 1.82) is 0 Å². The molecule has 1 aromatic heterocycles. The standard InChI is InChI=1S/C14H16ClNS/c1-9-6-7-17-14(9)11-4-5-12(10(2)16-3)13(15)8-11/h4-8,10,16H,1-3H3. The fourth-order valence-corrected chi connectivity index (χ4v) is 3.11. The van der Waals surface area contributed by atoms with Crippen molar-refractivity contribution in [3.63, 3.8) is 0 Å². The second-order valence-corrected chi connectivity index (χ2v) is 5.50. The molecule has 1 unspecified atom stereocenters. The number of rotatable bonds is 3. The van der Waals surface area contributed by atoms with E-state index >= 15 is 0 Å². The number of hydrogen-bond donors (Lipinski definition) is 1. The summed E-state index contributed by atoms with van der Waals surface area (Å²) in [7, 11) is 1.94. The zero-order valence-electron chi connectivity index (χ0n) is 10.3. The van der Waals surface area contributed by atoms with E-state index in [4.69, 9.17) is 11.6 Å². The highest BCUT2D eigenvalue weighted by atomic mass is 35.5. The molecular formula is C14H16ClNS.